The van der Waals surface area contributed by atoms with E-state index in [9.17, 15) is 9.90 Å². The molecule has 0 saturated carbocycles. The predicted molar refractivity (Wildman–Crippen MR) is 86.3 cm³/mol. The minimum absolute atomic E-state index is 0.0953. The Balaban J connectivity index is 1.91. The van der Waals surface area contributed by atoms with Gasteiger partial charge < -0.3 is 10.0 Å². The summed E-state index contributed by atoms with van der Waals surface area (Å²) in [6.45, 7) is 0.488. The largest absolute Gasteiger partial charge is 0.369 e. The van der Waals surface area contributed by atoms with Gasteiger partial charge in [0.1, 0.15) is 6.07 Å². The molecule has 1 fully saturated rings. The standard InChI is InChI=1S/C18H14N4O2/c1-22-10-8-18(24,17(22)23)7-5-13-3-2-4-14(11-13)15-6-9-20-16(12-19)21-15/h2-4,6,9,11,24H,8,10H2,1H3/t18-/m0/s1. The van der Waals surface area contributed by atoms with Crippen LogP contribution in [0.15, 0.2) is 36.5 Å². The average Bonchev–Trinajstić information content (AvgIpc) is 2.88. The Kier molecular flexibility index (Phi) is 3.99. The molecule has 0 aliphatic carbocycles. The molecule has 118 valence electrons. The van der Waals surface area contributed by atoms with E-state index in [0.29, 0.717) is 24.2 Å². The fraction of sp³-hybridized carbons (Fsp3) is 0.222. The Hall–Kier alpha value is -3.22. The van der Waals surface area contributed by atoms with Crippen molar-refractivity contribution in [2.75, 3.05) is 13.6 Å². The molecule has 1 N–H and O–H groups in total. The van der Waals surface area contributed by atoms with E-state index < -0.39 is 5.60 Å². The lowest BCUT2D eigenvalue weighted by Crippen LogP contribution is -2.37. The minimum atomic E-state index is -1.62. The van der Waals surface area contributed by atoms with Crippen LogP contribution >= 0.6 is 0 Å². The lowest BCUT2D eigenvalue weighted by atomic mass is 10.0. The number of nitriles is 1. The summed E-state index contributed by atoms with van der Waals surface area (Å²) in [7, 11) is 1.64. The summed E-state index contributed by atoms with van der Waals surface area (Å²) < 4.78 is 0. The van der Waals surface area contributed by atoms with Gasteiger partial charge in [-0.25, -0.2) is 9.97 Å². The number of benzene rings is 1. The predicted octanol–water partition coefficient (Wildman–Crippen LogP) is 0.960. The lowest BCUT2D eigenvalue weighted by molar-refractivity contribution is -0.137. The van der Waals surface area contributed by atoms with Gasteiger partial charge in [0.05, 0.1) is 5.69 Å². The second kappa shape index (κ2) is 6.11. The number of likely N-dealkylation sites (tertiary alicyclic amines) is 1. The zero-order chi connectivity index (χ0) is 17.2. The van der Waals surface area contributed by atoms with E-state index in [0.717, 1.165) is 5.56 Å². The molecular weight excluding hydrogens is 304 g/mol. The molecule has 1 amide bonds. The SMILES string of the molecule is CN1CC[C@@](O)(C#Cc2cccc(-c3ccnc(C#N)n3)c2)C1=O. The van der Waals surface area contributed by atoms with Gasteiger partial charge in [0.2, 0.25) is 11.4 Å². The van der Waals surface area contributed by atoms with Crippen molar-refractivity contribution in [3.63, 3.8) is 0 Å². The molecular formula is C18H14N4O2. The van der Waals surface area contributed by atoms with Crippen molar-refractivity contribution < 1.29 is 9.90 Å². The third-order valence-corrected chi connectivity index (χ3v) is 3.84. The molecule has 0 unspecified atom stereocenters. The Morgan fingerprint density at radius 1 is 1.38 bits per heavy atom. The van der Waals surface area contributed by atoms with Gasteiger partial charge in [-0.1, -0.05) is 24.0 Å². The van der Waals surface area contributed by atoms with Crippen molar-refractivity contribution in [3.05, 3.63) is 47.9 Å². The molecule has 1 aliphatic rings. The zero-order valence-corrected chi connectivity index (χ0v) is 13.0. The van der Waals surface area contributed by atoms with Crippen molar-refractivity contribution >= 4 is 5.91 Å². The molecule has 1 aromatic heterocycles. The molecule has 0 bridgehead atoms. The fourth-order valence-electron chi connectivity index (χ4n) is 2.47. The van der Waals surface area contributed by atoms with E-state index in [1.165, 1.54) is 11.1 Å². The topological polar surface area (TPSA) is 90.1 Å². The number of aromatic nitrogens is 2. The number of amides is 1. The van der Waals surface area contributed by atoms with E-state index >= 15 is 0 Å². The molecule has 1 aliphatic heterocycles. The third-order valence-electron chi connectivity index (χ3n) is 3.84. The summed E-state index contributed by atoms with van der Waals surface area (Å²) in [4.78, 5) is 21.4. The molecule has 0 radical (unpaired) electrons. The normalized spacial score (nSPS) is 19.5. The van der Waals surface area contributed by atoms with Crippen LogP contribution in [0.1, 0.15) is 17.8 Å². The first-order chi connectivity index (χ1) is 11.5. The summed E-state index contributed by atoms with van der Waals surface area (Å²) in [6.07, 6.45) is 1.82. The molecule has 2 heterocycles. The number of hydrogen-bond donors (Lipinski definition) is 1. The van der Waals surface area contributed by atoms with E-state index in [-0.39, 0.29) is 11.7 Å². The van der Waals surface area contributed by atoms with Crippen LogP contribution < -0.4 is 0 Å². The first-order valence-corrected chi connectivity index (χ1v) is 7.36. The van der Waals surface area contributed by atoms with Crippen LogP contribution in [0.2, 0.25) is 0 Å². The second-order valence-electron chi connectivity index (χ2n) is 5.55. The number of hydrogen-bond acceptors (Lipinski definition) is 5. The van der Waals surface area contributed by atoms with E-state index in [1.54, 1.807) is 31.3 Å². The molecule has 1 aromatic carbocycles. The van der Waals surface area contributed by atoms with Gasteiger partial charge in [-0.15, -0.1) is 0 Å². The summed E-state index contributed by atoms with van der Waals surface area (Å²) in [5.74, 6) is 5.27. The van der Waals surface area contributed by atoms with E-state index in [1.807, 2.05) is 12.1 Å². The zero-order valence-electron chi connectivity index (χ0n) is 13.0. The Labute approximate surface area is 139 Å². The Morgan fingerprint density at radius 3 is 2.92 bits per heavy atom. The van der Waals surface area contributed by atoms with Crippen LogP contribution in [0.25, 0.3) is 11.3 Å². The number of rotatable bonds is 1. The summed E-state index contributed by atoms with van der Waals surface area (Å²) in [6, 6.07) is 10.8. The fourth-order valence-corrected chi connectivity index (χ4v) is 2.47. The first kappa shape index (κ1) is 15.7. The number of aliphatic hydroxyl groups is 1. The number of nitrogens with zero attached hydrogens (tertiary/aromatic N) is 4. The lowest BCUT2D eigenvalue weighted by Gasteiger charge is -2.13. The smallest absolute Gasteiger partial charge is 0.267 e. The summed E-state index contributed by atoms with van der Waals surface area (Å²) in [5, 5.41) is 19.2. The maximum absolute atomic E-state index is 11.9. The van der Waals surface area contributed by atoms with Crippen LogP contribution in [-0.4, -0.2) is 45.1 Å². The van der Waals surface area contributed by atoms with Gasteiger partial charge in [-0.05, 0) is 18.2 Å². The monoisotopic (exact) mass is 318 g/mol. The molecule has 6 heteroatoms. The number of carbonyl (C=O) groups is 1. The molecule has 3 rings (SSSR count). The summed E-state index contributed by atoms with van der Waals surface area (Å²) >= 11 is 0. The second-order valence-corrected chi connectivity index (χ2v) is 5.55. The highest BCUT2D eigenvalue weighted by molar-refractivity contribution is 5.90. The van der Waals surface area contributed by atoms with E-state index in [2.05, 4.69) is 21.8 Å². The molecule has 2 aromatic rings. The highest BCUT2D eigenvalue weighted by Gasteiger charge is 2.42. The Morgan fingerprint density at radius 2 is 2.21 bits per heavy atom. The van der Waals surface area contributed by atoms with Crippen LogP contribution in [0.4, 0.5) is 0 Å². The highest BCUT2D eigenvalue weighted by Crippen LogP contribution is 2.21. The number of likely N-dealkylation sites (N-methyl/N-ethyl adjacent to an activating group) is 1. The van der Waals surface area contributed by atoms with Crippen LogP contribution in [-0.2, 0) is 4.79 Å². The summed E-state index contributed by atoms with van der Waals surface area (Å²) in [5.41, 5.74) is 0.428. The van der Waals surface area contributed by atoms with Gasteiger partial charge in [-0.2, -0.15) is 5.26 Å². The maximum Gasteiger partial charge on any atom is 0.267 e. The van der Waals surface area contributed by atoms with Crippen molar-refractivity contribution in [1.29, 1.82) is 5.26 Å². The average molecular weight is 318 g/mol. The van der Waals surface area contributed by atoms with Crippen molar-refractivity contribution in [2.45, 2.75) is 12.0 Å². The van der Waals surface area contributed by atoms with Gasteiger partial charge in [0.25, 0.3) is 5.91 Å². The van der Waals surface area contributed by atoms with Crippen LogP contribution in [0.5, 0.6) is 0 Å². The Bertz CT molecular complexity index is 907. The van der Waals surface area contributed by atoms with Crippen molar-refractivity contribution in [1.82, 2.24) is 14.9 Å². The maximum atomic E-state index is 11.9. The van der Waals surface area contributed by atoms with Gasteiger partial charge in [-0.3, -0.25) is 4.79 Å². The molecule has 6 nitrogen and oxygen atoms in total. The minimum Gasteiger partial charge on any atom is -0.369 e. The molecule has 1 saturated heterocycles. The van der Waals surface area contributed by atoms with Gasteiger partial charge in [0.15, 0.2) is 0 Å². The van der Waals surface area contributed by atoms with Crippen molar-refractivity contribution in [3.8, 4) is 29.2 Å². The van der Waals surface area contributed by atoms with Crippen LogP contribution in [0.3, 0.4) is 0 Å². The van der Waals surface area contributed by atoms with Crippen LogP contribution in [0, 0.1) is 23.2 Å². The first-order valence-electron chi connectivity index (χ1n) is 7.36. The van der Waals surface area contributed by atoms with Crippen molar-refractivity contribution in [2.24, 2.45) is 0 Å². The number of carbonyl (C=O) groups excluding carboxylic acids is 1. The van der Waals surface area contributed by atoms with Gasteiger partial charge in [0, 0.05) is 37.3 Å². The van der Waals surface area contributed by atoms with Gasteiger partial charge >= 0.3 is 0 Å². The quantitative estimate of drug-likeness (QED) is 0.791. The van der Waals surface area contributed by atoms with E-state index in [4.69, 9.17) is 5.26 Å². The molecule has 24 heavy (non-hydrogen) atoms. The highest BCUT2D eigenvalue weighted by atomic mass is 16.3. The molecule has 0 spiro atoms. The molecule has 1 atom stereocenters. The third kappa shape index (κ3) is 2.96.